The monoisotopic (exact) mass is 220 g/mol. The van der Waals surface area contributed by atoms with Gasteiger partial charge < -0.3 is 9.73 Å². The lowest BCUT2D eigenvalue weighted by Crippen LogP contribution is -2.20. The molecule has 2 rings (SSSR count). The van der Waals surface area contributed by atoms with Gasteiger partial charge in [0.1, 0.15) is 17.9 Å². The van der Waals surface area contributed by atoms with Crippen LogP contribution in [0, 0.1) is 0 Å². The molecule has 0 aliphatic rings. The van der Waals surface area contributed by atoms with Gasteiger partial charge in [0.05, 0.1) is 18.8 Å². The summed E-state index contributed by atoms with van der Waals surface area (Å²) in [6.45, 7) is 5.64. The van der Waals surface area contributed by atoms with Crippen molar-refractivity contribution >= 4 is 0 Å². The van der Waals surface area contributed by atoms with Crippen LogP contribution in [0.25, 0.3) is 0 Å². The summed E-state index contributed by atoms with van der Waals surface area (Å²) in [5.41, 5.74) is 0. The Morgan fingerprint density at radius 2 is 2.44 bits per heavy atom. The Morgan fingerprint density at radius 1 is 1.56 bits per heavy atom. The van der Waals surface area contributed by atoms with Gasteiger partial charge in [0.2, 0.25) is 0 Å². The molecule has 0 spiro atoms. The van der Waals surface area contributed by atoms with Crippen LogP contribution in [0.3, 0.4) is 0 Å². The molecule has 1 N–H and O–H groups in total. The summed E-state index contributed by atoms with van der Waals surface area (Å²) in [7, 11) is 0. The van der Waals surface area contributed by atoms with Gasteiger partial charge in [0, 0.05) is 6.54 Å². The fourth-order valence-electron chi connectivity index (χ4n) is 1.57. The van der Waals surface area contributed by atoms with Crippen molar-refractivity contribution in [3.8, 4) is 0 Å². The van der Waals surface area contributed by atoms with Crippen molar-refractivity contribution in [1.82, 2.24) is 20.1 Å². The maximum absolute atomic E-state index is 5.32. The van der Waals surface area contributed by atoms with Gasteiger partial charge in [-0.2, -0.15) is 5.10 Å². The molecule has 86 valence electrons. The van der Waals surface area contributed by atoms with Crippen molar-refractivity contribution in [2.75, 3.05) is 0 Å². The zero-order valence-corrected chi connectivity index (χ0v) is 9.55. The number of furan rings is 1. The quantitative estimate of drug-likeness (QED) is 0.834. The lowest BCUT2D eigenvalue weighted by atomic mass is 10.2. The van der Waals surface area contributed by atoms with Crippen LogP contribution in [0.2, 0.25) is 0 Å². The molecule has 5 heteroatoms. The first-order chi connectivity index (χ1) is 7.81. The summed E-state index contributed by atoms with van der Waals surface area (Å²) < 4.78 is 7.19. The Kier molecular flexibility index (Phi) is 3.36. The highest BCUT2D eigenvalue weighted by Crippen LogP contribution is 2.12. The van der Waals surface area contributed by atoms with Gasteiger partial charge in [-0.05, 0) is 26.0 Å². The first kappa shape index (κ1) is 10.9. The van der Waals surface area contributed by atoms with Gasteiger partial charge in [-0.15, -0.1) is 0 Å². The van der Waals surface area contributed by atoms with Crippen molar-refractivity contribution in [3.05, 3.63) is 36.3 Å². The number of hydrogen-bond donors (Lipinski definition) is 1. The fraction of sp³-hybridized carbons (Fsp3) is 0.455. The maximum Gasteiger partial charge on any atom is 0.140 e. The third-order valence-electron chi connectivity index (χ3n) is 2.53. The summed E-state index contributed by atoms with van der Waals surface area (Å²) in [4.78, 5) is 4.20. The van der Waals surface area contributed by atoms with E-state index in [1.165, 1.54) is 0 Å². The Labute approximate surface area is 94.5 Å². The van der Waals surface area contributed by atoms with Crippen LogP contribution >= 0.6 is 0 Å². The molecule has 0 aliphatic carbocycles. The van der Waals surface area contributed by atoms with Crippen molar-refractivity contribution < 1.29 is 4.42 Å². The molecule has 2 aromatic heterocycles. The summed E-state index contributed by atoms with van der Waals surface area (Å²) in [5, 5.41) is 7.46. The normalized spacial score (nSPS) is 12.9. The van der Waals surface area contributed by atoms with Crippen LogP contribution in [0.4, 0.5) is 0 Å². The van der Waals surface area contributed by atoms with E-state index in [1.54, 1.807) is 12.6 Å². The highest BCUT2D eigenvalue weighted by atomic mass is 16.3. The van der Waals surface area contributed by atoms with E-state index in [1.807, 2.05) is 23.7 Å². The molecule has 16 heavy (non-hydrogen) atoms. The van der Waals surface area contributed by atoms with Crippen LogP contribution in [0.5, 0.6) is 0 Å². The summed E-state index contributed by atoms with van der Waals surface area (Å²) in [6.07, 6.45) is 3.26. The second-order valence-corrected chi connectivity index (χ2v) is 3.61. The SMILES string of the molecule is CCn1ncnc1CNC(C)c1ccco1. The topological polar surface area (TPSA) is 55.9 Å². The third kappa shape index (κ3) is 2.30. The summed E-state index contributed by atoms with van der Waals surface area (Å²) >= 11 is 0. The summed E-state index contributed by atoms with van der Waals surface area (Å²) in [6, 6.07) is 4.03. The highest BCUT2D eigenvalue weighted by molar-refractivity contribution is 5.03. The predicted molar refractivity (Wildman–Crippen MR) is 59.7 cm³/mol. The van der Waals surface area contributed by atoms with E-state index >= 15 is 0 Å². The Balaban J connectivity index is 1.92. The molecule has 5 nitrogen and oxygen atoms in total. The standard InChI is InChI=1S/C11H16N4O/c1-3-15-11(13-8-14-15)7-12-9(2)10-5-4-6-16-10/h4-6,8-9,12H,3,7H2,1-2H3. The van der Waals surface area contributed by atoms with E-state index in [0.717, 1.165) is 18.1 Å². The number of hydrogen-bond acceptors (Lipinski definition) is 4. The number of nitrogens with one attached hydrogen (secondary N) is 1. The molecule has 2 aromatic rings. The van der Waals surface area contributed by atoms with Crippen molar-refractivity contribution in [2.45, 2.75) is 33.0 Å². The molecular formula is C11H16N4O. The highest BCUT2D eigenvalue weighted by Gasteiger charge is 2.09. The molecule has 0 bridgehead atoms. The smallest absolute Gasteiger partial charge is 0.140 e. The lowest BCUT2D eigenvalue weighted by molar-refractivity contribution is 0.422. The summed E-state index contributed by atoms with van der Waals surface area (Å²) in [5.74, 6) is 1.88. The van der Waals surface area contributed by atoms with Crippen LogP contribution in [0.1, 0.15) is 31.5 Å². The van der Waals surface area contributed by atoms with Crippen LogP contribution in [0.15, 0.2) is 29.1 Å². The molecule has 1 unspecified atom stereocenters. The molecular weight excluding hydrogens is 204 g/mol. The molecule has 0 saturated carbocycles. The van der Waals surface area contributed by atoms with Crippen molar-refractivity contribution in [2.24, 2.45) is 0 Å². The zero-order chi connectivity index (χ0) is 11.4. The number of nitrogens with zero attached hydrogens (tertiary/aromatic N) is 3. The number of aromatic nitrogens is 3. The van der Waals surface area contributed by atoms with Gasteiger partial charge in [-0.3, -0.25) is 0 Å². The molecule has 0 radical (unpaired) electrons. The zero-order valence-electron chi connectivity index (χ0n) is 9.55. The fourth-order valence-corrected chi connectivity index (χ4v) is 1.57. The van der Waals surface area contributed by atoms with Crippen LogP contribution in [-0.2, 0) is 13.1 Å². The maximum atomic E-state index is 5.32. The van der Waals surface area contributed by atoms with E-state index < -0.39 is 0 Å². The van der Waals surface area contributed by atoms with E-state index in [-0.39, 0.29) is 6.04 Å². The minimum Gasteiger partial charge on any atom is -0.468 e. The average molecular weight is 220 g/mol. The largest absolute Gasteiger partial charge is 0.468 e. The minimum atomic E-state index is 0.178. The van der Waals surface area contributed by atoms with Gasteiger partial charge in [-0.25, -0.2) is 9.67 Å². The lowest BCUT2D eigenvalue weighted by Gasteiger charge is -2.10. The molecule has 1 atom stereocenters. The van der Waals surface area contributed by atoms with Gasteiger partial charge in [0.15, 0.2) is 0 Å². The molecule has 0 fully saturated rings. The van der Waals surface area contributed by atoms with Gasteiger partial charge in [-0.1, -0.05) is 0 Å². The van der Waals surface area contributed by atoms with E-state index in [4.69, 9.17) is 4.42 Å². The number of rotatable bonds is 5. The van der Waals surface area contributed by atoms with Crippen molar-refractivity contribution in [3.63, 3.8) is 0 Å². The first-order valence-corrected chi connectivity index (χ1v) is 5.44. The molecule has 0 saturated heterocycles. The van der Waals surface area contributed by atoms with Crippen LogP contribution in [-0.4, -0.2) is 14.8 Å². The molecule has 0 amide bonds. The average Bonchev–Trinajstić information content (AvgIpc) is 2.96. The first-order valence-electron chi connectivity index (χ1n) is 5.44. The molecule has 0 aliphatic heterocycles. The van der Waals surface area contributed by atoms with Crippen LogP contribution < -0.4 is 5.32 Å². The third-order valence-corrected chi connectivity index (χ3v) is 2.53. The number of aryl methyl sites for hydroxylation is 1. The minimum absolute atomic E-state index is 0.178. The Hall–Kier alpha value is -1.62. The Morgan fingerprint density at radius 3 is 3.12 bits per heavy atom. The van der Waals surface area contributed by atoms with E-state index in [9.17, 15) is 0 Å². The van der Waals surface area contributed by atoms with Gasteiger partial charge >= 0.3 is 0 Å². The van der Waals surface area contributed by atoms with E-state index in [0.29, 0.717) is 6.54 Å². The van der Waals surface area contributed by atoms with Gasteiger partial charge in [0.25, 0.3) is 0 Å². The Bertz CT molecular complexity index is 421. The van der Waals surface area contributed by atoms with E-state index in [2.05, 4.69) is 22.3 Å². The molecule has 0 aromatic carbocycles. The molecule has 2 heterocycles. The second-order valence-electron chi connectivity index (χ2n) is 3.61. The van der Waals surface area contributed by atoms with Crippen molar-refractivity contribution in [1.29, 1.82) is 0 Å². The predicted octanol–water partition coefficient (Wildman–Crippen LogP) is 1.74. The second kappa shape index (κ2) is 4.94.